The first-order chi connectivity index (χ1) is 13.5. The fraction of sp³-hybridized carbons (Fsp3) is 0.476. The molecule has 6 nitrogen and oxygen atoms in total. The number of nitrogens with one attached hydrogen (secondary N) is 3. The van der Waals surface area contributed by atoms with Crippen molar-refractivity contribution in [1.29, 1.82) is 0 Å². The van der Waals surface area contributed by atoms with E-state index < -0.39 is 0 Å². The van der Waals surface area contributed by atoms with Gasteiger partial charge in [0.1, 0.15) is 11.5 Å². The summed E-state index contributed by atoms with van der Waals surface area (Å²) in [6.07, 6.45) is 14.4. The lowest BCUT2D eigenvalue weighted by atomic mass is 10.1. The fourth-order valence-electron chi connectivity index (χ4n) is 2.68. The van der Waals surface area contributed by atoms with Crippen LogP contribution in [0.1, 0.15) is 65.1 Å². The van der Waals surface area contributed by atoms with E-state index in [-0.39, 0.29) is 6.04 Å². The summed E-state index contributed by atoms with van der Waals surface area (Å²) in [5.41, 5.74) is 5.17. The molecule has 0 spiro atoms. The number of aromatic amines is 2. The number of aromatic nitrogens is 5. The number of anilines is 1. The van der Waals surface area contributed by atoms with Crippen LogP contribution in [-0.2, 0) is 0 Å². The van der Waals surface area contributed by atoms with E-state index in [1.807, 2.05) is 0 Å². The summed E-state index contributed by atoms with van der Waals surface area (Å²) in [7, 11) is 0. The highest BCUT2D eigenvalue weighted by Gasteiger charge is 2.14. The normalized spacial score (nSPS) is 13.4. The third-order valence-electron chi connectivity index (χ3n) is 4.29. The third-order valence-corrected chi connectivity index (χ3v) is 5.38. The molecule has 1 unspecified atom stereocenters. The molecule has 152 valence electrons. The predicted octanol–water partition coefficient (Wildman–Crippen LogP) is 5.79. The van der Waals surface area contributed by atoms with E-state index in [1.54, 1.807) is 30.5 Å². The van der Waals surface area contributed by atoms with Gasteiger partial charge in [0.05, 0.1) is 24.8 Å². The van der Waals surface area contributed by atoms with E-state index in [0.717, 1.165) is 42.9 Å². The van der Waals surface area contributed by atoms with Crippen molar-refractivity contribution in [2.24, 2.45) is 0 Å². The van der Waals surface area contributed by atoms with Gasteiger partial charge in [0.25, 0.3) is 0 Å². The lowest BCUT2D eigenvalue weighted by Crippen LogP contribution is -2.14. The van der Waals surface area contributed by atoms with Crippen LogP contribution in [0, 0.1) is 0 Å². The summed E-state index contributed by atoms with van der Waals surface area (Å²) in [6, 6.07) is 0.0606. The quantitative estimate of drug-likeness (QED) is 0.393. The van der Waals surface area contributed by atoms with Crippen LogP contribution in [0.2, 0.25) is 0 Å². The van der Waals surface area contributed by atoms with E-state index in [0.29, 0.717) is 0 Å². The molecule has 1 atom stereocenters. The van der Waals surface area contributed by atoms with Crippen LogP contribution in [0.15, 0.2) is 53.0 Å². The molecule has 7 heteroatoms. The second-order valence-corrected chi connectivity index (χ2v) is 8.17. The Morgan fingerprint density at radius 1 is 1.11 bits per heavy atom. The topological polar surface area (TPSA) is 82.3 Å². The second-order valence-electron chi connectivity index (χ2n) is 7.26. The van der Waals surface area contributed by atoms with Crippen molar-refractivity contribution in [1.82, 2.24) is 25.4 Å². The number of hydrogen-bond acceptors (Lipinski definition) is 5. The Hall–Kier alpha value is -2.28. The first kappa shape index (κ1) is 22.0. The molecule has 0 radical (unpaired) electrons. The number of thioether (sulfide) groups is 1. The highest BCUT2D eigenvalue weighted by atomic mass is 32.2. The Balaban J connectivity index is 1.76. The van der Waals surface area contributed by atoms with Gasteiger partial charge < -0.3 is 10.3 Å². The van der Waals surface area contributed by atoms with Crippen molar-refractivity contribution in [3.8, 4) is 0 Å². The molecule has 0 fully saturated rings. The standard InChI is InChI=1S/C21H32N6S/c1-16(2)7-5-8-17(3)9-6-10-18(4)13-28-14-20(19-11-24-27-26-19)25-21-12-22-15-23-21/h7,9,11-13,15,20,25H,5-6,8,10,14H2,1-4H3,(H,22,23)(H,24,26,27). The van der Waals surface area contributed by atoms with Crippen molar-refractivity contribution in [3.63, 3.8) is 0 Å². The molecular formula is C21H32N6S. The summed E-state index contributed by atoms with van der Waals surface area (Å²) in [5, 5.41) is 16.5. The zero-order valence-electron chi connectivity index (χ0n) is 17.3. The first-order valence-electron chi connectivity index (χ1n) is 9.71. The fourth-order valence-corrected chi connectivity index (χ4v) is 3.63. The second kappa shape index (κ2) is 12.2. The van der Waals surface area contributed by atoms with Crippen molar-refractivity contribution in [2.75, 3.05) is 11.1 Å². The molecule has 0 aliphatic carbocycles. The lowest BCUT2D eigenvalue weighted by molar-refractivity contribution is 0.823. The van der Waals surface area contributed by atoms with Gasteiger partial charge in [-0.15, -0.1) is 11.8 Å². The molecule has 28 heavy (non-hydrogen) atoms. The van der Waals surface area contributed by atoms with Crippen molar-refractivity contribution < 1.29 is 0 Å². The third kappa shape index (κ3) is 8.61. The molecule has 0 aromatic carbocycles. The summed E-state index contributed by atoms with van der Waals surface area (Å²) < 4.78 is 0. The minimum Gasteiger partial charge on any atom is -0.361 e. The van der Waals surface area contributed by atoms with E-state index in [1.165, 1.54) is 16.7 Å². The Labute approximate surface area is 172 Å². The van der Waals surface area contributed by atoms with Gasteiger partial charge in [0.2, 0.25) is 0 Å². The number of H-pyrrole nitrogens is 2. The van der Waals surface area contributed by atoms with Crippen molar-refractivity contribution in [2.45, 2.75) is 59.4 Å². The molecule has 0 saturated carbocycles. The summed E-state index contributed by atoms with van der Waals surface area (Å²) >= 11 is 1.80. The minimum atomic E-state index is 0.0606. The largest absolute Gasteiger partial charge is 0.361 e. The molecule has 3 N–H and O–H groups in total. The zero-order chi connectivity index (χ0) is 20.2. The molecule has 0 saturated heterocycles. The summed E-state index contributed by atoms with van der Waals surface area (Å²) in [5.74, 6) is 1.74. The van der Waals surface area contributed by atoms with Crippen molar-refractivity contribution in [3.05, 3.63) is 58.7 Å². The highest BCUT2D eigenvalue weighted by molar-refractivity contribution is 8.02. The maximum Gasteiger partial charge on any atom is 0.123 e. The van der Waals surface area contributed by atoms with Crippen LogP contribution in [0.25, 0.3) is 0 Å². The minimum absolute atomic E-state index is 0.0606. The van der Waals surface area contributed by atoms with Gasteiger partial charge in [-0.25, -0.2) is 4.98 Å². The van der Waals surface area contributed by atoms with Gasteiger partial charge in [-0.2, -0.15) is 15.4 Å². The zero-order valence-corrected chi connectivity index (χ0v) is 18.1. The maximum atomic E-state index is 4.22. The van der Waals surface area contributed by atoms with Crippen LogP contribution in [0.4, 0.5) is 5.82 Å². The molecule has 2 rings (SSSR count). The van der Waals surface area contributed by atoms with Crippen LogP contribution >= 0.6 is 11.8 Å². The van der Waals surface area contributed by atoms with Gasteiger partial charge in [0.15, 0.2) is 0 Å². The molecule has 0 aliphatic heterocycles. The molecule has 2 aromatic rings. The number of hydrogen-bond donors (Lipinski definition) is 3. The van der Waals surface area contributed by atoms with E-state index in [2.05, 4.69) is 76.0 Å². The Morgan fingerprint density at radius 3 is 2.57 bits per heavy atom. The molecular weight excluding hydrogens is 368 g/mol. The summed E-state index contributed by atoms with van der Waals surface area (Å²) in [6.45, 7) is 8.74. The monoisotopic (exact) mass is 400 g/mol. The van der Waals surface area contributed by atoms with E-state index in [4.69, 9.17) is 0 Å². The molecule has 0 amide bonds. The number of rotatable bonds is 12. The Kier molecular flexibility index (Phi) is 9.62. The maximum absolute atomic E-state index is 4.22. The van der Waals surface area contributed by atoms with Gasteiger partial charge in [-0.05, 0) is 58.8 Å². The van der Waals surface area contributed by atoms with Gasteiger partial charge in [-0.1, -0.05) is 28.9 Å². The highest BCUT2D eigenvalue weighted by Crippen LogP contribution is 2.23. The number of imidazole rings is 1. The summed E-state index contributed by atoms with van der Waals surface area (Å²) in [4.78, 5) is 7.12. The lowest BCUT2D eigenvalue weighted by Gasteiger charge is -2.15. The first-order valence-corrected chi connectivity index (χ1v) is 10.8. The Bertz CT molecular complexity index is 755. The van der Waals surface area contributed by atoms with Gasteiger partial charge in [0, 0.05) is 5.75 Å². The van der Waals surface area contributed by atoms with E-state index in [9.17, 15) is 0 Å². The smallest absolute Gasteiger partial charge is 0.123 e. The average molecular weight is 401 g/mol. The van der Waals surface area contributed by atoms with Gasteiger partial charge in [-0.3, -0.25) is 0 Å². The van der Waals surface area contributed by atoms with E-state index >= 15 is 0 Å². The molecule has 0 aliphatic rings. The van der Waals surface area contributed by atoms with Crippen LogP contribution in [0.5, 0.6) is 0 Å². The predicted molar refractivity (Wildman–Crippen MR) is 119 cm³/mol. The van der Waals surface area contributed by atoms with Crippen molar-refractivity contribution >= 4 is 17.6 Å². The number of nitrogens with zero attached hydrogens (tertiary/aromatic N) is 3. The van der Waals surface area contributed by atoms with Crippen LogP contribution < -0.4 is 5.32 Å². The van der Waals surface area contributed by atoms with Crippen LogP contribution in [-0.4, -0.2) is 31.1 Å². The molecule has 2 heterocycles. The molecule has 2 aromatic heterocycles. The number of allylic oxidation sites excluding steroid dienone is 5. The Morgan fingerprint density at radius 2 is 1.89 bits per heavy atom. The van der Waals surface area contributed by atoms with Crippen LogP contribution in [0.3, 0.4) is 0 Å². The molecule has 0 bridgehead atoms. The van der Waals surface area contributed by atoms with Gasteiger partial charge >= 0.3 is 0 Å². The average Bonchev–Trinajstić information content (AvgIpc) is 3.34. The SMILES string of the molecule is CC(C)=CCCC(C)=CCCC(C)=CSCC(Nc1cnc[nH]1)c1cn[nH]n1.